The van der Waals surface area contributed by atoms with Crippen LogP contribution in [0.4, 0.5) is 0 Å². The standard InChI is InChI=1S/C21H24ClN3O3/c1-15-10-12-24(13-11-15)19(26)14-28-20(27)9-8-18-16(2)23-25(21(18)22)17-6-4-3-5-7-17/h3-9,15H,10-14H2,1-2H3/b9-8+. The first-order valence-corrected chi connectivity index (χ1v) is 9.76. The van der Waals surface area contributed by atoms with Crippen molar-refractivity contribution in [3.05, 3.63) is 52.8 Å². The van der Waals surface area contributed by atoms with Gasteiger partial charge in [-0.3, -0.25) is 4.79 Å². The van der Waals surface area contributed by atoms with Gasteiger partial charge in [-0.05, 0) is 43.9 Å². The third-order valence-electron chi connectivity index (χ3n) is 4.91. The summed E-state index contributed by atoms with van der Waals surface area (Å²) in [5.41, 5.74) is 2.16. The van der Waals surface area contributed by atoms with Gasteiger partial charge in [0.15, 0.2) is 6.61 Å². The van der Waals surface area contributed by atoms with E-state index in [1.807, 2.05) is 37.3 Å². The molecule has 0 atom stereocenters. The van der Waals surface area contributed by atoms with Crippen LogP contribution in [0.5, 0.6) is 0 Å². The highest BCUT2D eigenvalue weighted by molar-refractivity contribution is 6.31. The Kier molecular flexibility index (Phi) is 6.52. The summed E-state index contributed by atoms with van der Waals surface area (Å²) in [5, 5.41) is 4.83. The summed E-state index contributed by atoms with van der Waals surface area (Å²) in [6.07, 6.45) is 4.82. The van der Waals surface area contributed by atoms with E-state index in [0.29, 0.717) is 22.3 Å². The molecule has 1 aliphatic rings. The Morgan fingerprint density at radius 1 is 1.25 bits per heavy atom. The maximum atomic E-state index is 12.1. The van der Waals surface area contributed by atoms with Crippen molar-refractivity contribution in [1.29, 1.82) is 0 Å². The molecule has 148 valence electrons. The maximum absolute atomic E-state index is 12.1. The second-order valence-electron chi connectivity index (χ2n) is 7.04. The van der Waals surface area contributed by atoms with Crippen LogP contribution in [0.25, 0.3) is 11.8 Å². The number of aryl methyl sites for hydroxylation is 1. The molecule has 1 aromatic heterocycles. The lowest BCUT2D eigenvalue weighted by molar-refractivity contribution is -0.148. The van der Waals surface area contributed by atoms with Gasteiger partial charge in [0.1, 0.15) is 5.15 Å². The summed E-state index contributed by atoms with van der Waals surface area (Å²) in [4.78, 5) is 25.9. The Hall–Kier alpha value is -2.60. The Labute approximate surface area is 169 Å². The topological polar surface area (TPSA) is 64.4 Å². The van der Waals surface area contributed by atoms with E-state index in [2.05, 4.69) is 12.0 Å². The van der Waals surface area contributed by atoms with Crippen LogP contribution in [0.1, 0.15) is 31.0 Å². The molecule has 0 unspecified atom stereocenters. The van der Waals surface area contributed by atoms with Crippen LogP contribution in [0.15, 0.2) is 36.4 Å². The zero-order valence-electron chi connectivity index (χ0n) is 16.1. The van der Waals surface area contributed by atoms with Crippen LogP contribution in [0.3, 0.4) is 0 Å². The number of benzene rings is 1. The molecule has 2 heterocycles. The number of para-hydroxylation sites is 1. The van der Waals surface area contributed by atoms with Crippen LogP contribution in [-0.2, 0) is 14.3 Å². The molecule has 28 heavy (non-hydrogen) atoms. The number of hydrogen-bond donors (Lipinski definition) is 0. The maximum Gasteiger partial charge on any atom is 0.331 e. The molecule has 0 N–H and O–H groups in total. The summed E-state index contributed by atoms with van der Waals surface area (Å²) in [7, 11) is 0. The molecule has 0 bridgehead atoms. The number of nitrogens with zero attached hydrogens (tertiary/aromatic N) is 3. The van der Waals surface area contributed by atoms with Crippen molar-refractivity contribution in [2.45, 2.75) is 26.7 Å². The average molecular weight is 402 g/mol. The van der Waals surface area contributed by atoms with Crippen molar-refractivity contribution < 1.29 is 14.3 Å². The van der Waals surface area contributed by atoms with Gasteiger partial charge in [0.25, 0.3) is 5.91 Å². The highest BCUT2D eigenvalue weighted by Crippen LogP contribution is 2.24. The average Bonchev–Trinajstić information content (AvgIpc) is 2.99. The summed E-state index contributed by atoms with van der Waals surface area (Å²) in [6, 6.07) is 9.50. The lowest BCUT2D eigenvalue weighted by Gasteiger charge is -2.30. The molecule has 1 amide bonds. The molecule has 1 aromatic carbocycles. The van der Waals surface area contributed by atoms with Crippen molar-refractivity contribution in [2.75, 3.05) is 19.7 Å². The van der Waals surface area contributed by atoms with E-state index >= 15 is 0 Å². The predicted octanol–water partition coefficient (Wildman–Crippen LogP) is 3.65. The van der Waals surface area contributed by atoms with Crippen molar-refractivity contribution in [2.24, 2.45) is 5.92 Å². The van der Waals surface area contributed by atoms with E-state index in [1.54, 1.807) is 15.7 Å². The molecular weight excluding hydrogens is 378 g/mol. The molecule has 0 radical (unpaired) electrons. The number of hydrogen-bond acceptors (Lipinski definition) is 4. The number of aromatic nitrogens is 2. The fraction of sp³-hybridized carbons (Fsp3) is 0.381. The van der Waals surface area contributed by atoms with E-state index in [0.717, 1.165) is 31.6 Å². The third-order valence-corrected chi connectivity index (χ3v) is 5.27. The Balaban J connectivity index is 1.59. The first kappa shape index (κ1) is 20.1. The number of rotatable bonds is 5. The molecule has 2 aromatic rings. The first-order valence-electron chi connectivity index (χ1n) is 9.39. The van der Waals surface area contributed by atoms with Gasteiger partial charge in [-0.2, -0.15) is 5.10 Å². The molecule has 1 fully saturated rings. The Morgan fingerprint density at radius 2 is 1.93 bits per heavy atom. The highest BCUT2D eigenvalue weighted by atomic mass is 35.5. The molecule has 0 spiro atoms. The van der Waals surface area contributed by atoms with Gasteiger partial charge in [0.05, 0.1) is 11.4 Å². The van der Waals surface area contributed by atoms with Gasteiger partial charge in [-0.25, -0.2) is 9.48 Å². The molecule has 7 heteroatoms. The fourth-order valence-electron chi connectivity index (χ4n) is 3.12. The minimum atomic E-state index is -0.582. The second kappa shape index (κ2) is 9.06. The van der Waals surface area contributed by atoms with Crippen molar-refractivity contribution in [3.63, 3.8) is 0 Å². The Bertz CT molecular complexity index is 869. The Morgan fingerprint density at radius 3 is 2.61 bits per heavy atom. The summed E-state index contributed by atoms with van der Waals surface area (Å²) < 4.78 is 6.70. The van der Waals surface area contributed by atoms with Crippen molar-refractivity contribution >= 4 is 29.6 Å². The van der Waals surface area contributed by atoms with Gasteiger partial charge in [-0.15, -0.1) is 0 Å². The number of esters is 1. The zero-order chi connectivity index (χ0) is 20.1. The number of piperidine rings is 1. The van der Waals surface area contributed by atoms with E-state index in [-0.39, 0.29) is 12.5 Å². The smallest absolute Gasteiger partial charge is 0.331 e. The number of amides is 1. The normalized spacial score (nSPS) is 15.2. The number of likely N-dealkylation sites (tertiary alicyclic amines) is 1. The van der Waals surface area contributed by atoms with E-state index in [4.69, 9.17) is 16.3 Å². The fourth-order valence-corrected chi connectivity index (χ4v) is 3.46. The molecule has 3 rings (SSSR count). The highest BCUT2D eigenvalue weighted by Gasteiger charge is 2.21. The minimum absolute atomic E-state index is 0.153. The van der Waals surface area contributed by atoms with Crippen LogP contribution in [0.2, 0.25) is 5.15 Å². The van der Waals surface area contributed by atoms with E-state index < -0.39 is 5.97 Å². The molecular formula is C21H24ClN3O3. The van der Waals surface area contributed by atoms with Gasteiger partial charge in [-0.1, -0.05) is 36.7 Å². The summed E-state index contributed by atoms with van der Waals surface area (Å²) in [5.74, 6) is -0.0965. The van der Waals surface area contributed by atoms with Crippen molar-refractivity contribution in [1.82, 2.24) is 14.7 Å². The molecule has 6 nitrogen and oxygen atoms in total. The molecule has 0 aliphatic carbocycles. The number of carbonyl (C=O) groups excluding carboxylic acids is 2. The van der Waals surface area contributed by atoms with E-state index in [1.165, 1.54) is 6.08 Å². The number of carbonyl (C=O) groups is 2. The minimum Gasteiger partial charge on any atom is -0.452 e. The largest absolute Gasteiger partial charge is 0.452 e. The molecule has 1 saturated heterocycles. The van der Waals surface area contributed by atoms with Gasteiger partial charge >= 0.3 is 5.97 Å². The lowest BCUT2D eigenvalue weighted by atomic mass is 9.99. The van der Waals surface area contributed by atoms with E-state index in [9.17, 15) is 9.59 Å². The van der Waals surface area contributed by atoms with Crippen LogP contribution in [0, 0.1) is 12.8 Å². The predicted molar refractivity (Wildman–Crippen MR) is 108 cm³/mol. The van der Waals surface area contributed by atoms with Crippen molar-refractivity contribution in [3.8, 4) is 5.69 Å². The van der Waals surface area contributed by atoms with Gasteiger partial charge in [0.2, 0.25) is 0 Å². The van der Waals surface area contributed by atoms with Crippen LogP contribution in [-0.4, -0.2) is 46.3 Å². The summed E-state index contributed by atoms with van der Waals surface area (Å²) in [6.45, 7) is 5.20. The lowest BCUT2D eigenvalue weighted by Crippen LogP contribution is -2.40. The number of halogens is 1. The van der Waals surface area contributed by atoms with Gasteiger partial charge in [0, 0.05) is 24.7 Å². The first-order chi connectivity index (χ1) is 13.5. The quantitative estimate of drug-likeness (QED) is 0.566. The zero-order valence-corrected chi connectivity index (χ0v) is 16.9. The van der Waals surface area contributed by atoms with Crippen LogP contribution >= 0.6 is 11.6 Å². The third kappa shape index (κ3) is 4.81. The molecule has 0 saturated carbocycles. The summed E-state index contributed by atoms with van der Waals surface area (Å²) >= 11 is 6.42. The monoisotopic (exact) mass is 401 g/mol. The SMILES string of the molecule is Cc1nn(-c2ccccc2)c(Cl)c1/C=C/C(=O)OCC(=O)N1CCC(C)CC1. The van der Waals surface area contributed by atoms with Gasteiger partial charge < -0.3 is 9.64 Å². The second-order valence-corrected chi connectivity index (χ2v) is 7.40. The number of ether oxygens (including phenoxy) is 1. The molecule has 1 aliphatic heterocycles. The van der Waals surface area contributed by atoms with Crippen LogP contribution < -0.4 is 0 Å².